The van der Waals surface area contributed by atoms with E-state index < -0.39 is 35.0 Å². The van der Waals surface area contributed by atoms with E-state index in [1.54, 1.807) is 0 Å². The van der Waals surface area contributed by atoms with Crippen LogP contribution < -0.4 is 5.32 Å². The summed E-state index contributed by atoms with van der Waals surface area (Å²) in [6.45, 7) is 0. The number of aromatic amines is 1. The van der Waals surface area contributed by atoms with Crippen molar-refractivity contribution in [3.8, 4) is 11.4 Å². The van der Waals surface area contributed by atoms with E-state index in [0.29, 0.717) is 12.1 Å². The van der Waals surface area contributed by atoms with Gasteiger partial charge in [0.25, 0.3) is 5.91 Å². The third-order valence-corrected chi connectivity index (χ3v) is 3.90. The maximum atomic E-state index is 13.0. The Hall–Kier alpha value is -3.15. The molecule has 0 fully saturated rings. The zero-order valence-electron chi connectivity index (χ0n) is 13.9. The van der Waals surface area contributed by atoms with Gasteiger partial charge in [-0.15, -0.1) is 10.2 Å². The zero-order valence-corrected chi connectivity index (χ0v) is 14.6. The Labute approximate surface area is 162 Å². The molecule has 0 saturated carbocycles. The van der Waals surface area contributed by atoms with Crippen molar-refractivity contribution < 1.29 is 31.1 Å². The molecule has 0 aliphatic heterocycles. The number of halogens is 7. The molecule has 6 nitrogen and oxygen atoms in total. The average molecular weight is 436 g/mol. The fourth-order valence-electron chi connectivity index (χ4n) is 2.37. The van der Waals surface area contributed by atoms with Crippen molar-refractivity contribution >= 4 is 23.2 Å². The number of anilines is 1. The molecule has 0 aliphatic rings. The van der Waals surface area contributed by atoms with E-state index in [2.05, 4.69) is 25.9 Å². The number of H-pyrrole nitrogens is 1. The van der Waals surface area contributed by atoms with Crippen molar-refractivity contribution in [2.75, 3.05) is 5.32 Å². The Balaban J connectivity index is 2.03. The predicted molar refractivity (Wildman–Crippen MR) is 89.0 cm³/mol. The van der Waals surface area contributed by atoms with E-state index in [4.69, 9.17) is 11.6 Å². The highest BCUT2D eigenvalue weighted by Crippen LogP contribution is 2.37. The van der Waals surface area contributed by atoms with Crippen molar-refractivity contribution in [3.63, 3.8) is 0 Å². The lowest BCUT2D eigenvalue weighted by molar-refractivity contribution is -0.143. The number of amides is 1. The van der Waals surface area contributed by atoms with Crippen molar-refractivity contribution in [2.45, 2.75) is 12.4 Å². The van der Waals surface area contributed by atoms with Gasteiger partial charge in [0.1, 0.15) is 0 Å². The summed E-state index contributed by atoms with van der Waals surface area (Å²) in [5.41, 5.74) is -3.90. The molecule has 3 rings (SSSR count). The fourth-order valence-corrected chi connectivity index (χ4v) is 2.54. The van der Waals surface area contributed by atoms with Crippen LogP contribution in [0.15, 0.2) is 36.4 Å². The highest BCUT2D eigenvalue weighted by Gasteiger charge is 2.37. The molecule has 0 spiro atoms. The van der Waals surface area contributed by atoms with Crippen molar-refractivity contribution in [3.05, 3.63) is 58.1 Å². The first-order valence-electron chi connectivity index (χ1n) is 7.59. The Kier molecular flexibility index (Phi) is 5.22. The van der Waals surface area contributed by atoms with Crippen LogP contribution in [0.4, 0.5) is 32.0 Å². The molecule has 0 bridgehead atoms. The molecule has 1 amide bonds. The molecule has 2 aromatic carbocycles. The molecule has 1 heterocycles. The number of benzene rings is 2. The third kappa shape index (κ3) is 4.65. The molecule has 2 N–H and O–H groups in total. The predicted octanol–water partition coefficient (Wildman–Crippen LogP) is 4.81. The molecular formula is C16H8ClF6N5O. The molecule has 3 aromatic rings. The second-order valence-electron chi connectivity index (χ2n) is 5.67. The molecule has 13 heteroatoms. The summed E-state index contributed by atoms with van der Waals surface area (Å²) < 4.78 is 77.9. The number of nitrogens with one attached hydrogen (secondary N) is 2. The van der Waals surface area contributed by atoms with E-state index in [0.717, 1.165) is 0 Å². The average Bonchev–Trinajstić information content (AvgIpc) is 3.14. The number of tetrazole rings is 1. The van der Waals surface area contributed by atoms with Gasteiger partial charge in [0.05, 0.1) is 16.8 Å². The van der Waals surface area contributed by atoms with Crippen LogP contribution in [0.1, 0.15) is 21.5 Å². The van der Waals surface area contributed by atoms with Crippen LogP contribution in [0.2, 0.25) is 5.02 Å². The van der Waals surface area contributed by atoms with Gasteiger partial charge in [-0.25, -0.2) is 0 Å². The molecule has 29 heavy (non-hydrogen) atoms. The van der Waals surface area contributed by atoms with E-state index in [9.17, 15) is 31.1 Å². The van der Waals surface area contributed by atoms with E-state index >= 15 is 0 Å². The van der Waals surface area contributed by atoms with Crippen LogP contribution in [0.25, 0.3) is 11.4 Å². The van der Waals surface area contributed by atoms with Gasteiger partial charge < -0.3 is 5.32 Å². The van der Waals surface area contributed by atoms with Crippen LogP contribution in [0.5, 0.6) is 0 Å². The number of alkyl halides is 6. The van der Waals surface area contributed by atoms with Gasteiger partial charge in [0, 0.05) is 16.1 Å². The molecule has 0 unspecified atom stereocenters. The number of carbonyl (C=O) groups excluding carboxylic acids is 1. The highest BCUT2D eigenvalue weighted by atomic mass is 35.5. The Morgan fingerprint density at radius 1 is 0.966 bits per heavy atom. The van der Waals surface area contributed by atoms with E-state index in [1.807, 2.05) is 0 Å². The highest BCUT2D eigenvalue weighted by molar-refractivity contribution is 6.31. The van der Waals surface area contributed by atoms with Gasteiger partial charge in [0.2, 0.25) is 5.82 Å². The summed E-state index contributed by atoms with van der Waals surface area (Å²) in [6, 6.07) is 4.64. The second-order valence-corrected chi connectivity index (χ2v) is 6.11. The summed E-state index contributed by atoms with van der Waals surface area (Å²) >= 11 is 5.86. The summed E-state index contributed by atoms with van der Waals surface area (Å²) in [7, 11) is 0. The number of hydrogen-bond donors (Lipinski definition) is 2. The number of nitrogens with zero attached hydrogens (tertiary/aromatic N) is 3. The fraction of sp³-hybridized carbons (Fsp3) is 0.125. The SMILES string of the molecule is O=C(Nc1cc(Cl)ccc1-c1nn[nH]n1)c1cc(C(F)(F)F)cc(C(F)(F)F)c1. The standard InChI is InChI=1S/C16H8ClF6N5O/c17-10-1-2-11(13-25-27-28-26-13)12(6-10)24-14(29)7-3-8(15(18,19)20)5-9(4-7)16(21,22)23/h1-6H,(H,24,29)(H,25,26,27,28). The van der Waals surface area contributed by atoms with Crippen LogP contribution in [0, 0.1) is 0 Å². The third-order valence-electron chi connectivity index (χ3n) is 3.67. The number of hydrogen-bond acceptors (Lipinski definition) is 4. The summed E-state index contributed by atoms with van der Waals surface area (Å²) in [4.78, 5) is 12.5. The van der Waals surface area contributed by atoms with Gasteiger partial charge >= 0.3 is 12.4 Å². The van der Waals surface area contributed by atoms with E-state index in [1.165, 1.54) is 18.2 Å². The number of carbonyl (C=O) groups is 1. The smallest absolute Gasteiger partial charge is 0.321 e. The molecular weight excluding hydrogens is 428 g/mol. The van der Waals surface area contributed by atoms with E-state index in [-0.39, 0.29) is 28.2 Å². The van der Waals surface area contributed by atoms with Crippen molar-refractivity contribution in [1.82, 2.24) is 20.6 Å². The van der Waals surface area contributed by atoms with Gasteiger partial charge in [0.15, 0.2) is 0 Å². The van der Waals surface area contributed by atoms with Crippen LogP contribution >= 0.6 is 11.6 Å². The van der Waals surface area contributed by atoms with Crippen molar-refractivity contribution in [2.24, 2.45) is 0 Å². The molecule has 0 aliphatic carbocycles. The molecule has 0 saturated heterocycles. The minimum absolute atomic E-state index is 0.0250. The van der Waals surface area contributed by atoms with Gasteiger partial charge in [-0.3, -0.25) is 4.79 Å². The lowest BCUT2D eigenvalue weighted by atomic mass is 10.0. The zero-order chi connectivity index (χ0) is 21.4. The first kappa shape index (κ1) is 20.6. The van der Waals surface area contributed by atoms with Gasteiger partial charge in [-0.2, -0.15) is 31.6 Å². The summed E-state index contributed by atoms with van der Waals surface area (Å²) in [5, 5.41) is 15.3. The minimum atomic E-state index is -5.08. The first-order valence-corrected chi connectivity index (χ1v) is 7.97. The Morgan fingerprint density at radius 3 is 2.10 bits per heavy atom. The Bertz CT molecular complexity index is 1020. The molecule has 0 atom stereocenters. The quantitative estimate of drug-likeness (QED) is 0.578. The number of aromatic nitrogens is 4. The monoisotopic (exact) mass is 435 g/mol. The first-order chi connectivity index (χ1) is 13.4. The van der Waals surface area contributed by atoms with Crippen molar-refractivity contribution in [1.29, 1.82) is 0 Å². The Morgan fingerprint density at radius 2 is 1.59 bits per heavy atom. The summed E-state index contributed by atoms with van der Waals surface area (Å²) in [6.07, 6.45) is -10.2. The maximum absolute atomic E-state index is 13.0. The summed E-state index contributed by atoms with van der Waals surface area (Å²) in [5.74, 6) is -1.19. The molecule has 152 valence electrons. The molecule has 0 radical (unpaired) electrons. The van der Waals surface area contributed by atoms with Gasteiger partial charge in [-0.05, 0) is 41.6 Å². The normalized spacial score (nSPS) is 12.1. The largest absolute Gasteiger partial charge is 0.416 e. The van der Waals surface area contributed by atoms with Crippen LogP contribution in [0.3, 0.4) is 0 Å². The topological polar surface area (TPSA) is 83.6 Å². The second kappa shape index (κ2) is 7.35. The lowest BCUT2D eigenvalue weighted by Gasteiger charge is -2.15. The molecule has 1 aromatic heterocycles. The van der Waals surface area contributed by atoms with Crippen LogP contribution in [-0.4, -0.2) is 26.5 Å². The minimum Gasteiger partial charge on any atom is -0.321 e. The van der Waals surface area contributed by atoms with Gasteiger partial charge in [-0.1, -0.05) is 11.6 Å². The lowest BCUT2D eigenvalue weighted by Crippen LogP contribution is -2.17. The van der Waals surface area contributed by atoms with Crippen LogP contribution in [-0.2, 0) is 12.4 Å². The maximum Gasteiger partial charge on any atom is 0.416 e. The number of rotatable bonds is 3.